The molecule has 0 saturated carbocycles. The fraction of sp³-hybridized carbons (Fsp3) is 0.586. The van der Waals surface area contributed by atoms with Crippen LogP contribution in [0, 0.1) is 26.7 Å². The number of hydrogen-bond donors (Lipinski definition) is 0. The van der Waals surface area contributed by atoms with E-state index < -0.39 is 23.4 Å². The summed E-state index contributed by atoms with van der Waals surface area (Å²) >= 11 is 0. The second kappa shape index (κ2) is 11.2. The Labute approximate surface area is 220 Å². The quantitative estimate of drug-likeness (QED) is 0.450. The fourth-order valence-electron chi connectivity index (χ4n) is 4.31. The molecule has 1 aromatic heterocycles. The highest BCUT2D eigenvalue weighted by atomic mass is 16.6. The van der Waals surface area contributed by atoms with E-state index in [1.54, 1.807) is 41.5 Å². The summed E-state index contributed by atoms with van der Waals surface area (Å²) in [5, 5.41) is 0. The van der Waals surface area contributed by atoms with Crippen LogP contribution in [0.25, 0.3) is 11.3 Å². The summed E-state index contributed by atoms with van der Waals surface area (Å²) in [5.41, 5.74) is 3.85. The summed E-state index contributed by atoms with van der Waals surface area (Å²) in [6.07, 6.45) is 1.17. The number of aryl methyl sites for hydroxylation is 2. The number of nitrogens with zero attached hydrogens (tertiary/aromatic N) is 3. The van der Waals surface area contributed by atoms with Crippen molar-refractivity contribution >= 4 is 18.1 Å². The molecule has 0 atom stereocenters. The second-order valence-electron chi connectivity index (χ2n) is 11.7. The van der Waals surface area contributed by atoms with Crippen molar-refractivity contribution in [3.8, 4) is 11.3 Å². The van der Waals surface area contributed by atoms with E-state index in [0.717, 1.165) is 54.1 Å². The summed E-state index contributed by atoms with van der Waals surface area (Å²) in [7, 11) is 0. The smallest absolute Gasteiger partial charge is 0.427 e. The lowest BCUT2D eigenvalue weighted by atomic mass is 9.87. The first-order valence-electron chi connectivity index (χ1n) is 12.9. The molecule has 2 heterocycles. The van der Waals surface area contributed by atoms with Gasteiger partial charge in [0.15, 0.2) is 0 Å². The third kappa shape index (κ3) is 7.51. The average molecular weight is 512 g/mol. The normalized spacial score (nSPS) is 14.8. The maximum Gasteiger partial charge on any atom is 0.427 e. The van der Waals surface area contributed by atoms with Gasteiger partial charge in [-0.1, -0.05) is 18.2 Å². The van der Waals surface area contributed by atoms with Gasteiger partial charge in [0.2, 0.25) is 5.95 Å². The van der Waals surface area contributed by atoms with Crippen LogP contribution in [0.5, 0.6) is 0 Å². The maximum atomic E-state index is 13.2. The monoisotopic (exact) mass is 511 g/mol. The molecule has 0 unspecified atom stereocenters. The summed E-state index contributed by atoms with van der Waals surface area (Å²) < 4.78 is 16.6. The van der Waals surface area contributed by atoms with Gasteiger partial charge in [0.1, 0.15) is 11.2 Å². The molecule has 1 aromatic carbocycles. The Morgan fingerprint density at radius 1 is 0.946 bits per heavy atom. The van der Waals surface area contributed by atoms with Crippen LogP contribution in [-0.2, 0) is 20.6 Å². The largest absolute Gasteiger partial charge is 0.443 e. The lowest BCUT2D eigenvalue weighted by molar-refractivity contribution is 0.0427. The number of hydrogen-bond acceptors (Lipinski definition) is 7. The molecule has 8 heteroatoms. The van der Waals surface area contributed by atoms with E-state index in [-0.39, 0.29) is 5.95 Å². The molecule has 3 rings (SSSR count). The SMILES string of the molecule is Cc1cccc(CC2CCOCC2)c1-c1nc(N(C(=O)OC(C)(C)C)C(=O)OC(C)(C)C)nc(C)c1C. The summed E-state index contributed by atoms with van der Waals surface area (Å²) in [6.45, 7) is 17.8. The van der Waals surface area contributed by atoms with Crippen molar-refractivity contribution < 1.29 is 23.8 Å². The molecule has 1 aliphatic heterocycles. The molecule has 8 nitrogen and oxygen atoms in total. The lowest BCUT2D eigenvalue weighted by Gasteiger charge is -2.28. The van der Waals surface area contributed by atoms with Crippen LogP contribution >= 0.6 is 0 Å². The van der Waals surface area contributed by atoms with Crippen LogP contribution in [0.15, 0.2) is 18.2 Å². The second-order valence-corrected chi connectivity index (χ2v) is 11.7. The minimum Gasteiger partial charge on any atom is -0.443 e. The van der Waals surface area contributed by atoms with Gasteiger partial charge in [0.25, 0.3) is 0 Å². The Morgan fingerprint density at radius 2 is 1.51 bits per heavy atom. The Morgan fingerprint density at radius 3 is 2.05 bits per heavy atom. The van der Waals surface area contributed by atoms with Gasteiger partial charge in [-0.3, -0.25) is 0 Å². The minimum atomic E-state index is -0.886. The molecule has 1 fully saturated rings. The Balaban J connectivity index is 2.13. The first-order valence-corrected chi connectivity index (χ1v) is 12.9. The predicted molar refractivity (Wildman–Crippen MR) is 144 cm³/mol. The molecule has 0 radical (unpaired) electrons. The van der Waals surface area contributed by atoms with E-state index in [1.807, 2.05) is 13.8 Å². The van der Waals surface area contributed by atoms with Crippen LogP contribution in [0.3, 0.4) is 0 Å². The summed E-state index contributed by atoms with van der Waals surface area (Å²) in [5.74, 6) is 0.457. The zero-order chi connectivity index (χ0) is 27.5. The van der Waals surface area contributed by atoms with Gasteiger partial charge in [-0.15, -0.1) is 4.90 Å². The molecule has 0 spiro atoms. The summed E-state index contributed by atoms with van der Waals surface area (Å²) in [6, 6.07) is 6.25. The first kappa shape index (κ1) is 28.6. The molecule has 1 saturated heterocycles. The highest BCUT2D eigenvalue weighted by molar-refractivity contribution is 6.08. The first-order chi connectivity index (χ1) is 17.2. The molecule has 2 aromatic rings. The van der Waals surface area contributed by atoms with Gasteiger partial charge in [-0.25, -0.2) is 19.6 Å². The van der Waals surface area contributed by atoms with Crippen molar-refractivity contribution in [2.75, 3.05) is 18.1 Å². The van der Waals surface area contributed by atoms with Gasteiger partial charge in [0.05, 0.1) is 5.69 Å². The number of amides is 2. The van der Waals surface area contributed by atoms with E-state index in [2.05, 4.69) is 30.1 Å². The molecule has 2 amide bonds. The van der Waals surface area contributed by atoms with E-state index in [1.165, 1.54) is 5.56 Å². The minimum absolute atomic E-state index is 0.0677. The van der Waals surface area contributed by atoms with Crippen LogP contribution in [0.2, 0.25) is 0 Å². The third-order valence-electron chi connectivity index (χ3n) is 6.17. The molecular formula is C29H41N3O5. The van der Waals surface area contributed by atoms with Crippen molar-refractivity contribution in [3.63, 3.8) is 0 Å². The Bertz CT molecular complexity index is 1110. The number of aromatic nitrogens is 2. The number of benzene rings is 1. The number of imide groups is 1. The van der Waals surface area contributed by atoms with Crippen molar-refractivity contribution in [3.05, 3.63) is 40.6 Å². The van der Waals surface area contributed by atoms with Gasteiger partial charge in [-0.2, -0.15) is 0 Å². The maximum absolute atomic E-state index is 13.2. The van der Waals surface area contributed by atoms with Crippen LogP contribution < -0.4 is 4.90 Å². The molecule has 1 aliphatic rings. The van der Waals surface area contributed by atoms with Crippen molar-refractivity contribution in [2.24, 2.45) is 5.92 Å². The molecule has 0 bridgehead atoms. The highest BCUT2D eigenvalue weighted by Gasteiger charge is 2.35. The number of ether oxygens (including phenoxy) is 3. The molecule has 0 N–H and O–H groups in total. The highest BCUT2D eigenvalue weighted by Crippen LogP contribution is 2.34. The van der Waals surface area contributed by atoms with Gasteiger partial charge >= 0.3 is 12.2 Å². The number of carbonyl (C=O) groups excluding carboxylic acids is 2. The lowest BCUT2D eigenvalue weighted by Crippen LogP contribution is -2.44. The zero-order valence-electron chi connectivity index (χ0n) is 23.7. The van der Waals surface area contributed by atoms with Gasteiger partial charge < -0.3 is 14.2 Å². The summed E-state index contributed by atoms with van der Waals surface area (Å²) in [4.78, 5) is 36.6. The number of rotatable bonds is 4. The van der Waals surface area contributed by atoms with Crippen LogP contribution in [0.1, 0.15) is 76.8 Å². The van der Waals surface area contributed by atoms with Gasteiger partial charge in [-0.05, 0) is 104 Å². The van der Waals surface area contributed by atoms with Crippen molar-refractivity contribution in [2.45, 2.75) is 92.8 Å². The van der Waals surface area contributed by atoms with E-state index in [9.17, 15) is 9.59 Å². The van der Waals surface area contributed by atoms with E-state index in [0.29, 0.717) is 17.3 Å². The van der Waals surface area contributed by atoms with E-state index in [4.69, 9.17) is 19.2 Å². The van der Waals surface area contributed by atoms with E-state index >= 15 is 0 Å². The standard InChI is InChI=1S/C29H41N3O5/c1-18-11-10-12-22(17-21-13-15-35-16-14-21)23(18)24-19(2)20(3)30-25(31-24)32(26(33)36-28(4,5)6)27(34)37-29(7,8)9/h10-12,21H,13-17H2,1-9H3. The molecule has 0 aliphatic carbocycles. The van der Waals surface area contributed by atoms with Crippen LogP contribution in [-0.4, -0.2) is 46.6 Å². The Hall–Kier alpha value is -3.00. The topological polar surface area (TPSA) is 90.8 Å². The van der Waals surface area contributed by atoms with Crippen molar-refractivity contribution in [1.29, 1.82) is 0 Å². The number of carbonyl (C=O) groups is 2. The third-order valence-corrected chi connectivity index (χ3v) is 6.17. The van der Waals surface area contributed by atoms with Gasteiger partial charge in [0, 0.05) is 24.5 Å². The predicted octanol–water partition coefficient (Wildman–Crippen LogP) is 6.71. The zero-order valence-corrected chi connectivity index (χ0v) is 23.7. The van der Waals surface area contributed by atoms with Crippen molar-refractivity contribution in [1.82, 2.24) is 9.97 Å². The Kier molecular flexibility index (Phi) is 8.63. The molecule has 202 valence electrons. The number of anilines is 1. The molecular weight excluding hydrogens is 470 g/mol. The molecule has 37 heavy (non-hydrogen) atoms. The average Bonchev–Trinajstić information content (AvgIpc) is 2.75. The fourth-order valence-corrected chi connectivity index (χ4v) is 4.31. The van der Waals surface area contributed by atoms with Crippen LogP contribution in [0.4, 0.5) is 15.5 Å².